The number of ether oxygens (including phenoxy) is 1. The van der Waals surface area contributed by atoms with E-state index < -0.39 is 0 Å². The largest absolute Gasteiger partial charge is 0.463 e. The Kier molecular flexibility index (Phi) is 4.41. The molecule has 0 bridgehead atoms. The van der Waals surface area contributed by atoms with Crippen LogP contribution in [0, 0.1) is 0 Å². The van der Waals surface area contributed by atoms with Gasteiger partial charge in [0.05, 0.1) is 16.8 Å². The highest BCUT2D eigenvalue weighted by atomic mass is 35.5. The summed E-state index contributed by atoms with van der Waals surface area (Å²) in [4.78, 5) is 0. The van der Waals surface area contributed by atoms with E-state index in [4.69, 9.17) is 33.0 Å². The van der Waals surface area contributed by atoms with E-state index in [9.17, 15) is 0 Å². The summed E-state index contributed by atoms with van der Waals surface area (Å²) in [5, 5.41) is 10.6. The molecule has 0 amide bonds. The number of rotatable bonds is 2. The Morgan fingerprint density at radius 1 is 0.839 bits per heavy atom. The molecule has 0 saturated carbocycles. The van der Waals surface area contributed by atoms with Crippen LogP contribution < -0.4 is 4.74 Å². The van der Waals surface area contributed by atoms with Crippen molar-refractivity contribution in [2.75, 3.05) is 0 Å². The Morgan fingerprint density at radius 2 is 1.61 bits per heavy atom. The Morgan fingerprint density at radius 3 is 2.45 bits per heavy atom. The Balaban J connectivity index is 1.48. The van der Waals surface area contributed by atoms with E-state index in [1.54, 1.807) is 6.07 Å². The number of fused-ring (bicyclic) bond motifs is 4. The van der Waals surface area contributed by atoms with Gasteiger partial charge in [-0.05, 0) is 34.5 Å². The highest BCUT2D eigenvalue weighted by Crippen LogP contribution is 2.50. The minimum Gasteiger partial charge on any atom is -0.463 e. The van der Waals surface area contributed by atoms with E-state index in [1.807, 2.05) is 24.3 Å². The van der Waals surface area contributed by atoms with Gasteiger partial charge in [-0.15, -0.1) is 0 Å². The van der Waals surface area contributed by atoms with Crippen molar-refractivity contribution >= 4 is 39.7 Å². The molecule has 0 N–H and O–H groups in total. The van der Waals surface area contributed by atoms with Crippen LogP contribution >= 0.6 is 23.2 Å². The third-order valence-corrected chi connectivity index (χ3v) is 6.47. The number of hydrazone groups is 1. The van der Waals surface area contributed by atoms with E-state index in [0.29, 0.717) is 15.8 Å². The second-order valence-electron chi connectivity index (χ2n) is 7.90. The van der Waals surface area contributed by atoms with Crippen LogP contribution in [-0.2, 0) is 0 Å². The van der Waals surface area contributed by atoms with E-state index in [-0.39, 0.29) is 12.3 Å². The van der Waals surface area contributed by atoms with Crippen LogP contribution in [0.4, 0.5) is 0 Å². The fraction of sp³-hybridized carbons (Fsp3) is 0.115. The summed E-state index contributed by atoms with van der Waals surface area (Å²) in [6.45, 7) is 0. The first-order chi connectivity index (χ1) is 15.2. The molecule has 0 unspecified atom stereocenters. The third-order valence-electron chi connectivity index (χ3n) is 5.98. The highest BCUT2D eigenvalue weighted by Gasteiger charge is 2.42. The van der Waals surface area contributed by atoms with Crippen molar-refractivity contribution in [1.82, 2.24) is 5.01 Å². The molecular weight excluding hydrogens is 427 g/mol. The molecule has 3 nitrogen and oxygen atoms in total. The number of benzene rings is 4. The minimum absolute atomic E-state index is 0.00614. The van der Waals surface area contributed by atoms with E-state index in [1.165, 1.54) is 10.8 Å². The predicted molar refractivity (Wildman–Crippen MR) is 126 cm³/mol. The molecule has 2 atom stereocenters. The number of hydrogen-bond donors (Lipinski definition) is 0. The van der Waals surface area contributed by atoms with Crippen LogP contribution in [0.2, 0.25) is 10.0 Å². The van der Waals surface area contributed by atoms with Gasteiger partial charge in [0.1, 0.15) is 5.75 Å². The maximum absolute atomic E-state index is 6.54. The van der Waals surface area contributed by atoms with Crippen LogP contribution in [0.5, 0.6) is 5.75 Å². The molecule has 0 fully saturated rings. The molecule has 2 aliphatic heterocycles. The van der Waals surface area contributed by atoms with E-state index in [0.717, 1.165) is 28.8 Å². The van der Waals surface area contributed by atoms with Gasteiger partial charge in [0.15, 0.2) is 0 Å². The molecule has 2 aliphatic rings. The van der Waals surface area contributed by atoms with Gasteiger partial charge in [-0.2, -0.15) is 5.10 Å². The summed E-state index contributed by atoms with van der Waals surface area (Å²) in [7, 11) is 0. The average molecular weight is 445 g/mol. The first kappa shape index (κ1) is 18.7. The van der Waals surface area contributed by atoms with E-state index >= 15 is 0 Å². The molecule has 0 aromatic heterocycles. The van der Waals surface area contributed by atoms with Crippen molar-refractivity contribution in [2.45, 2.75) is 18.7 Å². The van der Waals surface area contributed by atoms with Crippen LogP contribution in [0.3, 0.4) is 0 Å². The highest BCUT2D eigenvalue weighted by molar-refractivity contribution is 6.35. The SMILES string of the molecule is Clc1cc(Cl)c2c(c1)[C@H]1CC(c3ccc4ccccc4c3)=NN1[C@H](c1ccccc1)O2. The van der Waals surface area contributed by atoms with Gasteiger partial charge in [0.25, 0.3) is 0 Å². The van der Waals surface area contributed by atoms with Gasteiger partial charge in [0, 0.05) is 22.6 Å². The first-order valence-corrected chi connectivity index (χ1v) is 11.0. The molecular formula is C26H18Cl2N2O. The number of halogens is 2. The zero-order chi connectivity index (χ0) is 20.9. The normalized spacial score (nSPS) is 19.5. The summed E-state index contributed by atoms with van der Waals surface area (Å²) < 4.78 is 6.40. The standard InChI is InChI=1S/C26H18Cl2N2O/c27-20-13-21-24-15-23(19-11-10-16-6-4-5-9-18(16)12-19)29-30(24)26(17-7-2-1-3-8-17)31-25(21)22(28)14-20/h1-14,24,26H,15H2/t24-,26+/m1/s1. The molecule has 0 radical (unpaired) electrons. The van der Waals surface area contributed by atoms with Crippen molar-refractivity contribution < 1.29 is 4.74 Å². The minimum atomic E-state index is -0.352. The molecule has 0 spiro atoms. The first-order valence-electron chi connectivity index (χ1n) is 10.2. The topological polar surface area (TPSA) is 24.8 Å². The van der Waals surface area contributed by atoms with Gasteiger partial charge in [-0.1, -0.05) is 89.9 Å². The fourth-order valence-electron chi connectivity index (χ4n) is 4.50. The lowest BCUT2D eigenvalue weighted by atomic mass is 9.95. The van der Waals surface area contributed by atoms with Crippen LogP contribution in [0.15, 0.2) is 90.0 Å². The summed E-state index contributed by atoms with van der Waals surface area (Å²) in [6, 6.07) is 28.7. The van der Waals surface area contributed by atoms with Gasteiger partial charge < -0.3 is 4.74 Å². The Labute approximate surface area is 190 Å². The maximum atomic E-state index is 6.54. The van der Waals surface area contributed by atoms with Crippen molar-refractivity contribution in [3.8, 4) is 5.75 Å². The molecule has 6 rings (SSSR count). The smallest absolute Gasteiger partial charge is 0.213 e. The molecule has 0 saturated heterocycles. The lowest BCUT2D eigenvalue weighted by Crippen LogP contribution is -2.33. The lowest BCUT2D eigenvalue weighted by molar-refractivity contribution is -0.0189. The van der Waals surface area contributed by atoms with Crippen LogP contribution in [0.1, 0.15) is 35.4 Å². The summed E-state index contributed by atoms with van der Waals surface area (Å²) >= 11 is 12.9. The zero-order valence-electron chi connectivity index (χ0n) is 16.5. The summed E-state index contributed by atoms with van der Waals surface area (Å²) in [5.74, 6) is 0.691. The van der Waals surface area contributed by atoms with Gasteiger partial charge in [0.2, 0.25) is 6.23 Å². The van der Waals surface area contributed by atoms with Crippen molar-refractivity contribution in [3.63, 3.8) is 0 Å². The zero-order valence-corrected chi connectivity index (χ0v) is 18.0. The third kappa shape index (κ3) is 3.16. The van der Waals surface area contributed by atoms with Crippen molar-refractivity contribution in [1.29, 1.82) is 0 Å². The molecule has 5 heteroatoms. The number of hydrogen-bond acceptors (Lipinski definition) is 3. The maximum Gasteiger partial charge on any atom is 0.213 e. The van der Waals surface area contributed by atoms with Gasteiger partial charge in [-0.25, -0.2) is 5.01 Å². The molecule has 152 valence electrons. The van der Waals surface area contributed by atoms with E-state index in [2.05, 4.69) is 59.6 Å². The molecule has 31 heavy (non-hydrogen) atoms. The fourth-order valence-corrected chi connectivity index (χ4v) is 5.05. The van der Waals surface area contributed by atoms with Crippen molar-refractivity contribution in [2.24, 2.45) is 5.10 Å². The van der Waals surface area contributed by atoms with Crippen molar-refractivity contribution in [3.05, 3.63) is 112 Å². The van der Waals surface area contributed by atoms with Crippen LogP contribution in [0.25, 0.3) is 10.8 Å². The Bertz CT molecular complexity index is 1340. The lowest BCUT2D eigenvalue weighted by Gasteiger charge is -2.38. The Hall–Kier alpha value is -3.01. The molecule has 0 aliphatic carbocycles. The summed E-state index contributed by atoms with van der Waals surface area (Å²) in [6.07, 6.45) is 0.407. The van der Waals surface area contributed by atoms with Gasteiger partial charge in [-0.3, -0.25) is 0 Å². The quantitative estimate of drug-likeness (QED) is 0.321. The monoisotopic (exact) mass is 444 g/mol. The second-order valence-corrected chi connectivity index (χ2v) is 8.74. The second kappa shape index (κ2) is 7.30. The number of nitrogens with zero attached hydrogens (tertiary/aromatic N) is 2. The molecule has 2 heterocycles. The summed E-state index contributed by atoms with van der Waals surface area (Å²) in [5.41, 5.74) is 4.16. The van der Waals surface area contributed by atoms with Crippen LogP contribution in [-0.4, -0.2) is 10.7 Å². The molecule has 4 aromatic carbocycles. The van der Waals surface area contributed by atoms with Gasteiger partial charge >= 0.3 is 0 Å². The molecule has 4 aromatic rings. The average Bonchev–Trinajstić information content (AvgIpc) is 3.25. The predicted octanol–water partition coefficient (Wildman–Crippen LogP) is 7.39.